The van der Waals surface area contributed by atoms with Crippen LogP contribution in [0.4, 0.5) is 0 Å². The summed E-state index contributed by atoms with van der Waals surface area (Å²) in [6.45, 7) is 0. The molecule has 0 fully saturated rings. The quantitative estimate of drug-likeness (QED) is 0.517. The minimum Gasteiger partial charge on any atom is -0.507 e. The van der Waals surface area contributed by atoms with Crippen LogP contribution in [-0.2, 0) is 21.4 Å². The zero-order valence-electron chi connectivity index (χ0n) is 16.9. The van der Waals surface area contributed by atoms with Crippen LogP contribution < -0.4 is 5.56 Å². The van der Waals surface area contributed by atoms with Crippen molar-refractivity contribution in [3.8, 4) is 0 Å². The lowest BCUT2D eigenvalue weighted by atomic mass is 9.78. The minimum absolute atomic E-state index is 0.0805. The summed E-state index contributed by atoms with van der Waals surface area (Å²) in [6, 6.07) is 14.9. The molecule has 1 unspecified atom stereocenters. The molecule has 0 amide bonds. The van der Waals surface area contributed by atoms with Crippen molar-refractivity contribution in [3.63, 3.8) is 0 Å². The third kappa shape index (κ3) is 3.24. The molecule has 1 heterocycles. The number of rotatable bonds is 4. The second-order valence-corrected chi connectivity index (χ2v) is 7.32. The number of hydrogen-bond acceptors (Lipinski definition) is 6. The lowest BCUT2D eigenvalue weighted by molar-refractivity contribution is -0.140. The number of carbonyl (C=O) groups excluding carboxylic acids is 3. The molecular formula is C24H19NO6. The van der Waals surface area contributed by atoms with E-state index in [9.17, 15) is 24.3 Å². The van der Waals surface area contributed by atoms with Gasteiger partial charge < -0.3 is 14.4 Å². The molecule has 0 saturated carbocycles. The molecule has 156 valence electrons. The largest absolute Gasteiger partial charge is 0.507 e. The van der Waals surface area contributed by atoms with Gasteiger partial charge in [0.25, 0.3) is 5.56 Å². The summed E-state index contributed by atoms with van der Waals surface area (Å²) in [6.07, 6.45) is -0.384. The number of aryl methyl sites for hydroxylation is 1. The fourth-order valence-electron chi connectivity index (χ4n) is 4.02. The summed E-state index contributed by atoms with van der Waals surface area (Å²) in [7, 11) is 2.77. The molecule has 0 bridgehead atoms. The number of pyridine rings is 1. The Labute approximate surface area is 177 Å². The number of ether oxygens (including phenoxy) is 1. The van der Waals surface area contributed by atoms with Gasteiger partial charge in [0.15, 0.2) is 0 Å². The number of hydrogen-bond donors (Lipinski definition) is 1. The molecule has 2 aromatic carbocycles. The molecule has 1 aliphatic carbocycles. The van der Waals surface area contributed by atoms with Gasteiger partial charge in [-0.05, 0) is 17.5 Å². The van der Waals surface area contributed by atoms with Crippen LogP contribution in [0.1, 0.15) is 33.8 Å². The second kappa shape index (κ2) is 7.68. The number of Topliss-reactive ketones (excluding diaryl/α,β-unsaturated/α-hetero) is 2. The molecule has 0 saturated heterocycles. The highest BCUT2D eigenvalue weighted by molar-refractivity contribution is 6.52. The highest BCUT2D eigenvalue weighted by Crippen LogP contribution is 2.37. The number of aromatic nitrogens is 1. The number of benzene rings is 2. The van der Waals surface area contributed by atoms with Crippen molar-refractivity contribution in [2.75, 3.05) is 7.11 Å². The van der Waals surface area contributed by atoms with E-state index in [1.54, 1.807) is 49.5 Å². The number of ketones is 2. The Morgan fingerprint density at radius 2 is 1.65 bits per heavy atom. The van der Waals surface area contributed by atoms with Crippen LogP contribution in [0.15, 0.2) is 65.0 Å². The number of aliphatic hydroxyl groups excluding tert-OH is 1. The van der Waals surface area contributed by atoms with E-state index in [1.165, 1.54) is 23.8 Å². The zero-order chi connectivity index (χ0) is 22.3. The van der Waals surface area contributed by atoms with E-state index in [2.05, 4.69) is 0 Å². The molecular weight excluding hydrogens is 398 g/mol. The van der Waals surface area contributed by atoms with Crippen molar-refractivity contribution in [2.24, 2.45) is 7.05 Å². The Hall–Kier alpha value is -4.00. The lowest BCUT2D eigenvalue weighted by Gasteiger charge is -2.24. The summed E-state index contributed by atoms with van der Waals surface area (Å²) in [4.78, 5) is 51.1. The van der Waals surface area contributed by atoms with Crippen LogP contribution in [0.2, 0.25) is 0 Å². The van der Waals surface area contributed by atoms with E-state index in [0.29, 0.717) is 10.9 Å². The van der Waals surface area contributed by atoms with Gasteiger partial charge in [-0.2, -0.15) is 0 Å². The van der Waals surface area contributed by atoms with Gasteiger partial charge in [0, 0.05) is 29.7 Å². The fourth-order valence-corrected chi connectivity index (χ4v) is 4.02. The standard InChI is InChI=1S/C24H19NO6/c1-25-18-10-6-3-7-13(18)11-17(24(25)30)16(12-19(26)31-2)20-21(27)14-8-4-5-9-15(14)22(28)23(20)29/h3-11,16,27H,12H2,1-2H3. The average Bonchev–Trinajstić information content (AvgIpc) is 2.79. The Kier molecular flexibility index (Phi) is 5.02. The molecule has 4 rings (SSSR count). The molecule has 1 aliphatic rings. The minimum atomic E-state index is -1.15. The van der Waals surface area contributed by atoms with Crippen molar-refractivity contribution in [1.82, 2.24) is 4.57 Å². The molecule has 0 radical (unpaired) electrons. The number of nitrogens with zero attached hydrogens (tertiary/aromatic N) is 1. The van der Waals surface area contributed by atoms with Crippen molar-refractivity contribution in [2.45, 2.75) is 12.3 Å². The van der Waals surface area contributed by atoms with Gasteiger partial charge in [0.1, 0.15) is 5.76 Å². The Bertz CT molecular complexity index is 1350. The van der Waals surface area contributed by atoms with E-state index in [1.807, 2.05) is 0 Å². The highest BCUT2D eigenvalue weighted by Gasteiger charge is 2.39. The normalized spacial score (nSPS) is 14.5. The molecule has 3 aromatic rings. The van der Waals surface area contributed by atoms with Crippen LogP contribution in [0, 0.1) is 0 Å². The molecule has 0 aliphatic heterocycles. The third-order valence-corrected chi connectivity index (χ3v) is 5.62. The zero-order valence-corrected chi connectivity index (χ0v) is 16.9. The van der Waals surface area contributed by atoms with Gasteiger partial charge in [-0.25, -0.2) is 0 Å². The van der Waals surface area contributed by atoms with Crippen molar-refractivity contribution >= 4 is 34.2 Å². The molecule has 7 nitrogen and oxygen atoms in total. The number of allylic oxidation sites excluding steroid dienone is 1. The summed E-state index contributed by atoms with van der Waals surface area (Å²) in [5.74, 6) is -3.99. The van der Waals surface area contributed by atoms with Gasteiger partial charge >= 0.3 is 5.97 Å². The van der Waals surface area contributed by atoms with Crippen molar-refractivity contribution < 1.29 is 24.2 Å². The van der Waals surface area contributed by atoms with E-state index >= 15 is 0 Å². The molecule has 0 spiro atoms. The number of carbonyl (C=O) groups is 3. The van der Waals surface area contributed by atoms with E-state index in [0.717, 1.165) is 0 Å². The number of methoxy groups -OCH3 is 1. The third-order valence-electron chi connectivity index (χ3n) is 5.62. The van der Waals surface area contributed by atoms with Crippen LogP contribution in [0.5, 0.6) is 0 Å². The maximum Gasteiger partial charge on any atom is 0.306 e. The molecule has 31 heavy (non-hydrogen) atoms. The average molecular weight is 417 g/mol. The Balaban J connectivity index is 2.02. The predicted octanol–water partition coefficient (Wildman–Crippen LogP) is 2.92. The van der Waals surface area contributed by atoms with Gasteiger partial charge in [-0.3, -0.25) is 19.2 Å². The van der Waals surface area contributed by atoms with E-state index in [4.69, 9.17) is 4.74 Å². The Morgan fingerprint density at radius 3 is 2.35 bits per heavy atom. The van der Waals surface area contributed by atoms with E-state index in [-0.39, 0.29) is 28.7 Å². The van der Waals surface area contributed by atoms with Crippen LogP contribution in [0.3, 0.4) is 0 Å². The SMILES string of the molecule is COC(=O)CC(C1=C(O)c2ccccc2C(=O)C1=O)c1cc2ccccc2n(C)c1=O. The number of esters is 1. The number of fused-ring (bicyclic) bond motifs is 2. The van der Waals surface area contributed by atoms with Crippen LogP contribution >= 0.6 is 0 Å². The van der Waals surface area contributed by atoms with Gasteiger partial charge in [0.05, 0.1) is 24.6 Å². The van der Waals surface area contributed by atoms with E-state index < -0.39 is 34.8 Å². The molecule has 1 N–H and O–H groups in total. The summed E-state index contributed by atoms with van der Waals surface area (Å²) < 4.78 is 6.18. The first kappa shape index (κ1) is 20.3. The second-order valence-electron chi connectivity index (χ2n) is 7.32. The summed E-state index contributed by atoms with van der Waals surface area (Å²) >= 11 is 0. The van der Waals surface area contributed by atoms with Crippen LogP contribution in [0.25, 0.3) is 16.7 Å². The molecule has 7 heteroatoms. The number of para-hydroxylation sites is 1. The molecule has 1 aromatic heterocycles. The monoisotopic (exact) mass is 417 g/mol. The predicted molar refractivity (Wildman–Crippen MR) is 114 cm³/mol. The summed E-state index contributed by atoms with van der Waals surface area (Å²) in [5, 5.41) is 11.7. The first-order valence-electron chi connectivity index (χ1n) is 9.62. The van der Waals surface area contributed by atoms with Crippen molar-refractivity contribution in [3.05, 3.63) is 87.2 Å². The summed E-state index contributed by atoms with van der Waals surface area (Å²) in [5.41, 5.74) is 0.344. The topological polar surface area (TPSA) is 103 Å². The first-order valence-corrected chi connectivity index (χ1v) is 9.62. The fraction of sp³-hybridized carbons (Fsp3) is 0.167. The lowest BCUT2D eigenvalue weighted by Crippen LogP contribution is -2.32. The maximum absolute atomic E-state index is 13.2. The first-order chi connectivity index (χ1) is 14.8. The highest BCUT2D eigenvalue weighted by atomic mass is 16.5. The maximum atomic E-state index is 13.2. The Morgan fingerprint density at radius 1 is 1.00 bits per heavy atom. The van der Waals surface area contributed by atoms with Gasteiger partial charge in [0.2, 0.25) is 11.6 Å². The van der Waals surface area contributed by atoms with Gasteiger partial charge in [-0.1, -0.05) is 42.5 Å². The van der Waals surface area contributed by atoms with Crippen LogP contribution in [-0.4, -0.2) is 34.3 Å². The van der Waals surface area contributed by atoms with Crippen molar-refractivity contribution in [1.29, 1.82) is 0 Å². The molecule has 1 atom stereocenters. The van der Waals surface area contributed by atoms with Gasteiger partial charge in [-0.15, -0.1) is 0 Å². The smallest absolute Gasteiger partial charge is 0.306 e. The number of aliphatic hydroxyl groups is 1.